The van der Waals surface area contributed by atoms with Gasteiger partial charge in [0.1, 0.15) is 29.8 Å². The standard InChI is InChI=1S/C32H43N7O4S/c1-22-17-25(24-8-11-39(12-9-24)32(3)19-38(20-32)27(40)7-6-10-36(4)5)18-26-29(22)43-23(2)28-30(35-26)33-21-34-31(28)37-13-15-44(41,42)16-14-37/h17-18,21,23-24H,8-16,19-20H2,1-5H3,(H,33,34,35)/t23-/m1/s1. The minimum absolute atomic E-state index is 0.00125. The van der Waals surface area contributed by atoms with Crippen LogP contribution in [0.5, 0.6) is 5.75 Å². The number of carbonyl (C=O) groups excluding carboxylic acids is 1. The molecule has 1 atom stereocenters. The number of hydrogen-bond acceptors (Lipinski definition) is 10. The molecule has 0 unspecified atom stereocenters. The van der Waals surface area contributed by atoms with E-state index in [1.807, 2.05) is 35.7 Å². The maximum absolute atomic E-state index is 12.5. The van der Waals surface area contributed by atoms with Gasteiger partial charge in [-0.05, 0) is 89.8 Å². The van der Waals surface area contributed by atoms with Gasteiger partial charge in [0.25, 0.3) is 5.91 Å². The van der Waals surface area contributed by atoms with Crippen LogP contribution in [0.25, 0.3) is 0 Å². The molecule has 3 fully saturated rings. The Morgan fingerprint density at radius 3 is 2.52 bits per heavy atom. The topological polar surface area (TPSA) is 111 Å². The summed E-state index contributed by atoms with van der Waals surface area (Å²) in [7, 11) is 0.879. The molecule has 6 rings (SSSR count). The summed E-state index contributed by atoms with van der Waals surface area (Å²) in [4.78, 5) is 30.0. The quantitative estimate of drug-likeness (QED) is 0.512. The van der Waals surface area contributed by atoms with Crippen LogP contribution in [0.1, 0.15) is 55.4 Å². The maximum atomic E-state index is 12.5. The smallest absolute Gasteiger partial charge is 0.298 e. The molecule has 0 radical (unpaired) electrons. The first-order chi connectivity index (χ1) is 20.9. The minimum atomic E-state index is -3.01. The van der Waals surface area contributed by atoms with Gasteiger partial charge in [-0.1, -0.05) is 12.0 Å². The SMILES string of the molecule is Cc1cc(C2CCN(C3(C)CN(C(=O)C#CCN(C)C)C3)CC2)cc2c1O[C@H](C)c1c(ncnc1N1CCS(=O)(=O)CC1)N2. The lowest BCUT2D eigenvalue weighted by Crippen LogP contribution is -2.70. The Morgan fingerprint density at radius 2 is 1.84 bits per heavy atom. The van der Waals surface area contributed by atoms with E-state index in [2.05, 4.69) is 58.0 Å². The average molecular weight is 622 g/mol. The van der Waals surface area contributed by atoms with E-state index in [-0.39, 0.29) is 29.1 Å². The van der Waals surface area contributed by atoms with Crippen molar-refractivity contribution >= 4 is 33.1 Å². The highest BCUT2D eigenvalue weighted by atomic mass is 32.2. The number of hydrogen-bond donors (Lipinski definition) is 1. The van der Waals surface area contributed by atoms with Gasteiger partial charge in [-0.2, -0.15) is 0 Å². The van der Waals surface area contributed by atoms with Crippen molar-refractivity contribution in [3.63, 3.8) is 0 Å². The van der Waals surface area contributed by atoms with Crippen LogP contribution in [-0.2, 0) is 14.6 Å². The number of fused-ring (bicyclic) bond motifs is 2. The molecular formula is C32H43N7O4S. The fraction of sp³-hybridized carbons (Fsp3) is 0.594. The third kappa shape index (κ3) is 6.10. The third-order valence-corrected chi connectivity index (χ3v) is 11.0. The molecule has 11 nitrogen and oxygen atoms in total. The summed E-state index contributed by atoms with van der Waals surface area (Å²) in [6, 6.07) is 4.46. The number of rotatable bonds is 4. The predicted molar refractivity (Wildman–Crippen MR) is 171 cm³/mol. The Balaban J connectivity index is 1.13. The lowest BCUT2D eigenvalue weighted by molar-refractivity contribution is -0.139. The normalized spacial score (nSPS) is 22.8. The molecule has 2 aromatic rings. The number of aromatic nitrogens is 2. The number of likely N-dealkylation sites (tertiary alicyclic amines) is 2. The van der Waals surface area contributed by atoms with Crippen molar-refractivity contribution in [3.8, 4) is 17.6 Å². The first-order valence-electron chi connectivity index (χ1n) is 15.5. The largest absolute Gasteiger partial charge is 0.483 e. The molecule has 1 N–H and O–H groups in total. The molecule has 1 amide bonds. The summed E-state index contributed by atoms with van der Waals surface area (Å²) in [6.07, 6.45) is 3.32. The van der Waals surface area contributed by atoms with Gasteiger partial charge in [-0.3, -0.25) is 14.6 Å². The van der Waals surface area contributed by atoms with Gasteiger partial charge >= 0.3 is 0 Å². The number of aryl methyl sites for hydroxylation is 1. The highest BCUT2D eigenvalue weighted by Gasteiger charge is 2.46. The molecule has 5 heterocycles. The number of sulfone groups is 1. The molecule has 236 valence electrons. The summed E-state index contributed by atoms with van der Waals surface area (Å²) < 4.78 is 30.6. The van der Waals surface area contributed by atoms with Crippen LogP contribution in [0.15, 0.2) is 18.5 Å². The Labute approximate surface area is 260 Å². The number of nitrogens with one attached hydrogen (secondary N) is 1. The van der Waals surface area contributed by atoms with E-state index in [4.69, 9.17) is 4.74 Å². The first-order valence-corrected chi connectivity index (χ1v) is 17.3. The van der Waals surface area contributed by atoms with E-state index in [1.54, 1.807) is 6.33 Å². The molecule has 44 heavy (non-hydrogen) atoms. The van der Waals surface area contributed by atoms with Crippen LogP contribution in [0.4, 0.5) is 17.3 Å². The van der Waals surface area contributed by atoms with Crippen LogP contribution < -0.4 is 15.0 Å². The lowest BCUT2D eigenvalue weighted by Gasteiger charge is -2.55. The van der Waals surface area contributed by atoms with Gasteiger partial charge in [0.15, 0.2) is 9.84 Å². The molecular weight excluding hydrogens is 578 g/mol. The fourth-order valence-corrected chi connectivity index (χ4v) is 8.11. The second-order valence-corrected chi connectivity index (χ2v) is 15.5. The Kier molecular flexibility index (Phi) is 8.24. The van der Waals surface area contributed by atoms with Gasteiger partial charge in [-0.15, -0.1) is 0 Å². The molecule has 3 saturated heterocycles. The van der Waals surface area contributed by atoms with Gasteiger partial charge in [0.05, 0.1) is 34.8 Å². The van der Waals surface area contributed by atoms with E-state index in [0.717, 1.165) is 67.4 Å². The molecule has 0 aliphatic carbocycles. The van der Waals surface area contributed by atoms with Crippen molar-refractivity contribution in [1.29, 1.82) is 0 Å². The van der Waals surface area contributed by atoms with Crippen LogP contribution in [0.3, 0.4) is 0 Å². The van der Waals surface area contributed by atoms with Crippen molar-refractivity contribution < 1.29 is 17.9 Å². The number of piperidine rings is 1. The Morgan fingerprint density at radius 1 is 1.14 bits per heavy atom. The maximum Gasteiger partial charge on any atom is 0.298 e. The fourth-order valence-electron chi connectivity index (χ4n) is 6.91. The van der Waals surface area contributed by atoms with Crippen molar-refractivity contribution in [2.24, 2.45) is 0 Å². The van der Waals surface area contributed by atoms with Gasteiger partial charge < -0.3 is 19.9 Å². The number of carbonyl (C=O) groups is 1. The number of benzene rings is 1. The second kappa shape index (κ2) is 11.8. The molecule has 0 spiro atoms. The number of amides is 1. The number of nitrogens with zero attached hydrogens (tertiary/aromatic N) is 6. The highest BCUT2D eigenvalue weighted by molar-refractivity contribution is 7.91. The summed E-state index contributed by atoms with van der Waals surface area (Å²) in [5.41, 5.74) is 4.10. The Hall–Kier alpha value is -3.40. The van der Waals surface area contributed by atoms with Crippen molar-refractivity contribution in [3.05, 3.63) is 35.2 Å². The van der Waals surface area contributed by atoms with Crippen LogP contribution in [0, 0.1) is 18.8 Å². The lowest BCUT2D eigenvalue weighted by atomic mass is 9.83. The molecule has 0 saturated carbocycles. The number of anilines is 3. The Bertz CT molecular complexity index is 1590. The van der Waals surface area contributed by atoms with Crippen molar-refractivity contribution in [1.82, 2.24) is 24.7 Å². The zero-order chi connectivity index (χ0) is 31.2. The number of ether oxygens (including phenoxy) is 1. The molecule has 12 heteroatoms. The highest BCUT2D eigenvalue weighted by Crippen LogP contribution is 2.45. The van der Waals surface area contributed by atoms with E-state index in [0.29, 0.717) is 31.4 Å². The van der Waals surface area contributed by atoms with Crippen molar-refractivity contribution in [2.45, 2.75) is 51.2 Å². The van der Waals surface area contributed by atoms with Gasteiger partial charge in [0.2, 0.25) is 0 Å². The monoisotopic (exact) mass is 621 g/mol. The molecule has 1 aromatic carbocycles. The predicted octanol–water partition coefficient (Wildman–Crippen LogP) is 2.56. The zero-order valence-electron chi connectivity index (χ0n) is 26.4. The summed E-state index contributed by atoms with van der Waals surface area (Å²) in [5, 5.41) is 3.55. The summed E-state index contributed by atoms with van der Waals surface area (Å²) in [6.45, 7) is 11.2. The first kappa shape index (κ1) is 30.6. The molecule has 4 aliphatic rings. The minimum Gasteiger partial charge on any atom is -0.483 e. The van der Waals surface area contributed by atoms with Gasteiger partial charge in [0, 0.05) is 26.2 Å². The van der Waals surface area contributed by atoms with Crippen molar-refractivity contribution in [2.75, 3.05) is 81.6 Å². The zero-order valence-corrected chi connectivity index (χ0v) is 27.2. The average Bonchev–Trinajstić information content (AvgIpc) is 3.11. The summed E-state index contributed by atoms with van der Waals surface area (Å²) >= 11 is 0. The molecule has 1 aromatic heterocycles. The van der Waals surface area contributed by atoms with E-state index >= 15 is 0 Å². The molecule has 4 aliphatic heterocycles. The second-order valence-electron chi connectivity index (χ2n) is 13.2. The summed E-state index contributed by atoms with van der Waals surface area (Å²) in [5.74, 6) is 8.56. The van der Waals surface area contributed by atoms with E-state index in [9.17, 15) is 13.2 Å². The van der Waals surface area contributed by atoms with Gasteiger partial charge in [-0.25, -0.2) is 18.4 Å². The van der Waals surface area contributed by atoms with E-state index in [1.165, 1.54) is 5.56 Å². The third-order valence-electron chi connectivity index (χ3n) is 9.43. The van der Waals surface area contributed by atoms with Crippen LogP contribution >= 0.6 is 0 Å². The van der Waals surface area contributed by atoms with Crippen LogP contribution in [0.2, 0.25) is 0 Å². The van der Waals surface area contributed by atoms with E-state index < -0.39 is 9.84 Å². The van der Waals surface area contributed by atoms with Crippen LogP contribution in [-0.4, -0.2) is 116 Å². The molecule has 0 bridgehead atoms.